The molecule has 2 atom stereocenters. The molecule has 2 rings (SSSR count). The van der Waals surface area contributed by atoms with Gasteiger partial charge in [0.05, 0.1) is 0 Å². The van der Waals surface area contributed by atoms with Crippen LogP contribution < -0.4 is 5.32 Å². The molecule has 0 aliphatic rings. The summed E-state index contributed by atoms with van der Waals surface area (Å²) in [5.74, 6) is -0.465. The Balaban J connectivity index is 2.02. The van der Waals surface area contributed by atoms with Crippen LogP contribution in [0.5, 0.6) is 5.75 Å². The standard InChI is InChI=1S/C17H19ClFNO/c1-11(9-13-5-3-4-6-16(13)18)20-12(2)15-8-7-14(19)10-17(15)21/h3-8,10-12,20-21H,9H2,1-2H3. The minimum absolute atomic E-state index is 0.0278. The summed E-state index contributed by atoms with van der Waals surface area (Å²) in [7, 11) is 0. The number of nitrogens with one attached hydrogen (secondary N) is 1. The predicted molar refractivity (Wildman–Crippen MR) is 84.2 cm³/mol. The average Bonchev–Trinajstić information content (AvgIpc) is 2.41. The number of halogens is 2. The smallest absolute Gasteiger partial charge is 0.126 e. The first-order valence-corrected chi connectivity index (χ1v) is 7.33. The lowest BCUT2D eigenvalue weighted by atomic mass is 10.0. The highest BCUT2D eigenvalue weighted by Crippen LogP contribution is 2.25. The first kappa shape index (κ1) is 15.8. The van der Waals surface area contributed by atoms with Crippen molar-refractivity contribution in [3.05, 3.63) is 64.4 Å². The van der Waals surface area contributed by atoms with Crippen LogP contribution in [0.15, 0.2) is 42.5 Å². The van der Waals surface area contributed by atoms with Gasteiger partial charge in [-0.1, -0.05) is 35.9 Å². The van der Waals surface area contributed by atoms with Crippen LogP contribution in [-0.2, 0) is 6.42 Å². The fraction of sp³-hybridized carbons (Fsp3) is 0.294. The quantitative estimate of drug-likeness (QED) is 0.854. The number of aromatic hydroxyl groups is 1. The Hall–Kier alpha value is -1.58. The van der Waals surface area contributed by atoms with Gasteiger partial charge in [-0.15, -0.1) is 0 Å². The van der Waals surface area contributed by atoms with Crippen molar-refractivity contribution >= 4 is 11.6 Å². The zero-order chi connectivity index (χ0) is 15.4. The van der Waals surface area contributed by atoms with Crippen LogP contribution in [0.1, 0.15) is 31.0 Å². The molecule has 0 amide bonds. The Morgan fingerprint density at radius 2 is 1.90 bits per heavy atom. The molecule has 4 heteroatoms. The second kappa shape index (κ2) is 6.92. The van der Waals surface area contributed by atoms with Crippen molar-refractivity contribution in [2.24, 2.45) is 0 Å². The van der Waals surface area contributed by atoms with E-state index in [1.807, 2.05) is 31.2 Å². The van der Waals surface area contributed by atoms with Crippen LogP contribution in [0.3, 0.4) is 0 Å². The molecular weight excluding hydrogens is 289 g/mol. The summed E-state index contributed by atoms with van der Waals surface area (Å²) in [6.07, 6.45) is 0.784. The molecule has 0 radical (unpaired) electrons. The van der Waals surface area contributed by atoms with Gasteiger partial charge in [0.1, 0.15) is 11.6 Å². The first-order valence-electron chi connectivity index (χ1n) is 6.95. The second-order valence-corrected chi connectivity index (χ2v) is 5.70. The molecule has 0 fully saturated rings. The Bertz CT molecular complexity index is 617. The third-order valence-electron chi connectivity index (χ3n) is 3.48. The van der Waals surface area contributed by atoms with Crippen molar-refractivity contribution in [1.82, 2.24) is 5.32 Å². The Morgan fingerprint density at radius 3 is 2.57 bits per heavy atom. The summed E-state index contributed by atoms with van der Waals surface area (Å²) in [5, 5.41) is 14.0. The molecule has 2 unspecified atom stereocenters. The van der Waals surface area contributed by atoms with E-state index >= 15 is 0 Å². The van der Waals surface area contributed by atoms with Gasteiger partial charge in [0.2, 0.25) is 0 Å². The third kappa shape index (κ3) is 4.19. The summed E-state index contributed by atoms with van der Waals surface area (Å²) >= 11 is 6.16. The molecule has 0 aromatic heterocycles. The van der Waals surface area contributed by atoms with Crippen LogP contribution in [0.4, 0.5) is 4.39 Å². The average molecular weight is 308 g/mol. The molecule has 0 saturated heterocycles. The Labute approximate surface area is 129 Å². The Kier molecular flexibility index (Phi) is 5.21. The number of hydrogen-bond acceptors (Lipinski definition) is 2. The monoisotopic (exact) mass is 307 g/mol. The van der Waals surface area contributed by atoms with Gasteiger partial charge in [0.25, 0.3) is 0 Å². The van der Waals surface area contributed by atoms with E-state index in [4.69, 9.17) is 11.6 Å². The molecule has 0 spiro atoms. The van der Waals surface area contributed by atoms with Crippen LogP contribution in [-0.4, -0.2) is 11.1 Å². The normalized spacial score (nSPS) is 13.9. The van der Waals surface area contributed by atoms with E-state index in [9.17, 15) is 9.50 Å². The zero-order valence-corrected chi connectivity index (χ0v) is 12.9. The zero-order valence-electron chi connectivity index (χ0n) is 12.1. The van der Waals surface area contributed by atoms with E-state index in [0.717, 1.165) is 23.1 Å². The SMILES string of the molecule is CC(Cc1ccccc1Cl)NC(C)c1ccc(F)cc1O. The molecule has 2 aromatic carbocycles. The van der Waals surface area contributed by atoms with Crippen LogP contribution in [0.2, 0.25) is 5.02 Å². The summed E-state index contributed by atoms with van der Waals surface area (Å²) in [5.41, 5.74) is 1.76. The topological polar surface area (TPSA) is 32.3 Å². The van der Waals surface area contributed by atoms with Crippen molar-refractivity contribution in [2.45, 2.75) is 32.4 Å². The highest BCUT2D eigenvalue weighted by Gasteiger charge is 2.14. The van der Waals surface area contributed by atoms with Gasteiger partial charge >= 0.3 is 0 Å². The number of phenolic OH excluding ortho intramolecular Hbond substituents is 1. The molecule has 2 N–H and O–H groups in total. The van der Waals surface area contributed by atoms with E-state index in [1.165, 1.54) is 6.07 Å². The molecule has 0 aliphatic carbocycles. The van der Waals surface area contributed by atoms with E-state index < -0.39 is 5.82 Å². The van der Waals surface area contributed by atoms with Gasteiger partial charge in [-0.2, -0.15) is 0 Å². The van der Waals surface area contributed by atoms with Crippen LogP contribution in [0.25, 0.3) is 0 Å². The number of benzene rings is 2. The van der Waals surface area contributed by atoms with Gasteiger partial charge in [-0.05, 0) is 38.0 Å². The molecule has 0 bridgehead atoms. The highest BCUT2D eigenvalue weighted by atomic mass is 35.5. The summed E-state index contributed by atoms with van der Waals surface area (Å²) in [6.45, 7) is 4.00. The van der Waals surface area contributed by atoms with Crippen LogP contribution >= 0.6 is 11.6 Å². The minimum atomic E-state index is -0.437. The van der Waals surface area contributed by atoms with Gasteiger partial charge in [0, 0.05) is 28.7 Å². The van der Waals surface area contributed by atoms with Gasteiger partial charge in [-0.25, -0.2) is 4.39 Å². The lowest BCUT2D eigenvalue weighted by Gasteiger charge is -2.21. The van der Waals surface area contributed by atoms with E-state index in [-0.39, 0.29) is 17.8 Å². The van der Waals surface area contributed by atoms with Crippen molar-refractivity contribution in [3.63, 3.8) is 0 Å². The minimum Gasteiger partial charge on any atom is -0.508 e. The van der Waals surface area contributed by atoms with E-state index in [2.05, 4.69) is 12.2 Å². The Morgan fingerprint density at radius 1 is 1.19 bits per heavy atom. The fourth-order valence-electron chi connectivity index (χ4n) is 2.45. The lowest BCUT2D eigenvalue weighted by molar-refractivity contribution is 0.429. The molecule has 21 heavy (non-hydrogen) atoms. The maximum absolute atomic E-state index is 13.0. The van der Waals surface area contributed by atoms with Crippen molar-refractivity contribution in [1.29, 1.82) is 0 Å². The van der Waals surface area contributed by atoms with Crippen molar-refractivity contribution in [3.8, 4) is 5.75 Å². The summed E-state index contributed by atoms with van der Waals surface area (Å²) in [6, 6.07) is 11.9. The summed E-state index contributed by atoms with van der Waals surface area (Å²) < 4.78 is 13.0. The van der Waals surface area contributed by atoms with Gasteiger partial charge in [0.15, 0.2) is 0 Å². The molecule has 0 saturated carbocycles. The van der Waals surface area contributed by atoms with Gasteiger partial charge < -0.3 is 10.4 Å². The molecule has 0 heterocycles. The van der Waals surface area contributed by atoms with Crippen molar-refractivity contribution in [2.75, 3.05) is 0 Å². The second-order valence-electron chi connectivity index (χ2n) is 5.29. The van der Waals surface area contributed by atoms with Gasteiger partial charge in [-0.3, -0.25) is 0 Å². The fourth-order valence-corrected chi connectivity index (χ4v) is 2.67. The maximum atomic E-state index is 13.0. The van der Waals surface area contributed by atoms with Crippen molar-refractivity contribution < 1.29 is 9.50 Å². The number of hydrogen-bond donors (Lipinski definition) is 2. The molecular formula is C17H19ClFNO. The first-order chi connectivity index (χ1) is 9.97. The maximum Gasteiger partial charge on any atom is 0.126 e. The molecule has 2 aromatic rings. The molecule has 112 valence electrons. The molecule has 2 nitrogen and oxygen atoms in total. The summed E-state index contributed by atoms with van der Waals surface area (Å²) in [4.78, 5) is 0. The van der Waals surface area contributed by atoms with Crippen LogP contribution in [0, 0.1) is 5.82 Å². The number of phenols is 1. The predicted octanol–water partition coefficient (Wildman–Crippen LogP) is 4.47. The van der Waals surface area contributed by atoms with E-state index in [1.54, 1.807) is 6.07 Å². The molecule has 0 aliphatic heterocycles. The number of rotatable bonds is 5. The lowest BCUT2D eigenvalue weighted by Crippen LogP contribution is -2.30. The third-order valence-corrected chi connectivity index (χ3v) is 3.85. The van der Waals surface area contributed by atoms with E-state index in [0.29, 0.717) is 5.56 Å². The highest BCUT2D eigenvalue weighted by molar-refractivity contribution is 6.31. The largest absolute Gasteiger partial charge is 0.508 e.